The Hall–Kier alpha value is -1.80. The Morgan fingerprint density at radius 1 is 0.667 bits per heavy atom. The first-order valence-electron chi connectivity index (χ1n) is 6.19. The summed E-state index contributed by atoms with van der Waals surface area (Å²) in [6.45, 7) is 8.37. The lowest BCUT2D eigenvalue weighted by atomic mass is 10.0. The van der Waals surface area contributed by atoms with E-state index in [1.807, 2.05) is 5.01 Å². The van der Waals surface area contributed by atoms with Crippen molar-refractivity contribution in [2.45, 2.75) is 27.7 Å². The molecule has 0 aliphatic rings. The maximum absolute atomic E-state index is 6.35. The molecule has 0 fully saturated rings. The molecule has 0 aromatic heterocycles. The highest BCUT2D eigenvalue weighted by molar-refractivity contribution is 5.72. The Morgan fingerprint density at radius 2 is 0.944 bits per heavy atom. The predicted octanol–water partition coefficient (Wildman–Crippen LogP) is 3.93. The number of para-hydroxylation sites is 2. The van der Waals surface area contributed by atoms with Crippen molar-refractivity contribution in [1.82, 2.24) is 0 Å². The van der Waals surface area contributed by atoms with Crippen LogP contribution in [0, 0.1) is 27.7 Å². The van der Waals surface area contributed by atoms with Crippen LogP contribution < -0.4 is 10.9 Å². The molecule has 0 amide bonds. The number of hydrogen-bond donors (Lipinski definition) is 1. The van der Waals surface area contributed by atoms with Gasteiger partial charge in [0.05, 0.1) is 11.4 Å². The number of benzene rings is 2. The second-order valence-electron chi connectivity index (χ2n) is 4.85. The van der Waals surface area contributed by atoms with Crippen molar-refractivity contribution in [3.05, 3.63) is 58.7 Å². The SMILES string of the molecule is Cc1cccc(C)c1N(N)c1c(C)cccc1C. The van der Waals surface area contributed by atoms with E-state index in [1.165, 1.54) is 22.3 Å². The fraction of sp³-hybridized carbons (Fsp3) is 0.250. The predicted molar refractivity (Wildman–Crippen MR) is 78.2 cm³/mol. The minimum absolute atomic E-state index is 1.09. The van der Waals surface area contributed by atoms with E-state index in [-0.39, 0.29) is 0 Å². The molecule has 0 bridgehead atoms. The smallest absolute Gasteiger partial charge is 0.0633 e. The molecule has 2 aromatic carbocycles. The zero-order chi connectivity index (χ0) is 13.3. The highest BCUT2D eigenvalue weighted by atomic mass is 15.4. The molecule has 0 radical (unpaired) electrons. The molecular weight excluding hydrogens is 220 g/mol. The lowest BCUT2D eigenvalue weighted by Gasteiger charge is -2.26. The van der Waals surface area contributed by atoms with Gasteiger partial charge in [0.2, 0.25) is 0 Å². The van der Waals surface area contributed by atoms with Gasteiger partial charge in [-0.3, -0.25) is 5.01 Å². The lowest BCUT2D eigenvalue weighted by Crippen LogP contribution is -2.28. The first-order valence-corrected chi connectivity index (χ1v) is 6.19. The normalized spacial score (nSPS) is 10.5. The molecule has 0 spiro atoms. The Bertz CT molecular complexity index is 481. The third-order valence-electron chi connectivity index (χ3n) is 3.36. The van der Waals surface area contributed by atoms with Crippen molar-refractivity contribution < 1.29 is 0 Å². The molecule has 0 unspecified atom stereocenters. The van der Waals surface area contributed by atoms with Crippen LogP contribution in [0.25, 0.3) is 0 Å². The number of anilines is 2. The van der Waals surface area contributed by atoms with E-state index in [9.17, 15) is 0 Å². The maximum Gasteiger partial charge on any atom is 0.0633 e. The third kappa shape index (κ3) is 2.12. The van der Waals surface area contributed by atoms with Gasteiger partial charge in [-0.05, 0) is 49.9 Å². The molecule has 0 heterocycles. The van der Waals surface area contributed by atoms with Crippen molar-refractivity contribution in [2.75, 3.05) is 5.01 Å². The largest absolute Gasteiger partial charge is 0.279 e. The summed E-state index contributed by atoms with van der Waals surface area (Å²) < 4.78 is 0. The molecule has 18 heavy (non-hydrogen) atoms. The zero-order valence-corrected chi connectivity index (χ0v) is 11.5. The van der Waals surface area contributed by atoms with Gasteiger partial charge in [-0.1, -0.05) is 36.4 Å². The summed E-state index contributed by atoms with van der Waals surface area (Å²) in [5.74, 6) is 6.35. The van der Waals surface area contributed by atoms with Crippen LogP contribution in [0.2, 0.25) is 0 Å². The van der Waals surface area contributed by atoms with Crippen LogP contribution in [0.15, 0.2) is 36.4 Å². The van der Waals surface area contributed by atoms with Crippen molar-refractivity contribution in [2.24, 2.45) is 5.84 Å². The van der Waals surface area contributed by atoms with Gasteiger partial charge in [-0.15, -0.1) is 0 Å². The van der Waals surface area contributed by atoms with Crippen molar-refractivity contribution in [1.29, 1.82) is 0 Å². The fourth-order valence-corrected chi connectivity index (χ4v) is 2.48. The summed E-state index contributed by atoms with van der Waals surface area (Å²) in [4.78, 5) is 0. The minimum Gasteiger partial charge on any atom is -0.279 e. The molecule has 2 heteroatoms. The van der Waals surface area contributed by atoms with Crippen molar-refractivity contribution in [3.8, 4) is 0 Å². The van der Waals surface area contributed by atoms with Gasteiger partial charge in [0, 0.05) is 0 Å². The molecule has 2 rings (SSSR count). The number of nitrogens with zero attached hydrogens (tertiary/aromatic N) is 1. The summed E-state index contributed by atoms with van der Waals surface area (Å²) >= 11 is 0. The summed E-state index contributed by atoms with van der Waals surface area (Å²) in [5, 5.41) is 1.81. The van der Waals surface area contributed by atoms with Gasteiger partial charge in [0.1, 0.15) is 0 Å². The molecule has 2 N–H and O–H groups in total. The summed E-state index contributed by atoms with van der Waals surface area (Å²) in [5.41, 5.74) is 6.96. The van der Waals surface area contributed by atoms with E-state index in [2.05, 4.69) is 64.1 Å². The van der Waals surface area contributed by atoms with E-state index in [1.54, 1.807) is 0 Å². The number of nitrogens with two attached hydrogens (primary N) is 1. The van der Waals surface area contributed by atoms with E-state index in [0.29, 0.717) is 0 Å². The molecule has 2 aromatic rings. The summed E-state index contributed by atoms with van der Waals surface area (Å²) in [6.07, 6.45) is 0. The van der Waals surface area contributed by atoms with Gasteiger partial charge in [-0.25, -0.2) is 5.84 Å². The summed E-state index contributed by atoms with van der Waals surface area (Å²) in [7, 11) is 0. The van der Waals surface area contributed by atoms with E-state index in [4.69, 9.17) is 5.84 Å². The van der Waals surface area contributed by atoms with E-state index in [0.717, 1.165) is 11.4 Å². The first kappa shape index (κ1) is 12.7. The molecule has 2 nitrogen and oxygen atoms in total. The first-order chi connectivity index (χ1) is 8.52. The van der Waals surface area contributed by atoms with Gasteiger partial charge in [0.15, 0.2) is 0 Å². The molecule has 0 aliphatic carbocycles. The number of rotatable bonds is 2. The Morgan fingerprint density at radius 3 is 1.22 bits per heavy atom. The standard InChI is InChI=1S/C16H20N2/c1-11-7-5-8-12(2)15(11)18(17)16-13(3)9-6-10-14(16)4/h5-10H,17H2,1-4H3. The lowest BCUT2D eigenvalue weighted by molar-refractivity contribution is 1.04. The minimum atomic E-state index is 1.09. The Kier molecular flexibility index (Phi) is 3.39. The quantitative estimate of drug-likeness (QED) is 0.636. The second kappa shape index (κ2) is 4.83. The van der Waals surface area contributed by atoms with Crippen LogP contribution in [0.1, 0.15) is 22.3 Å². The molecule has 94 valence electrons. The van der Waals surface area contributed by atoms with Crippen LogP contribution in [-0.2, 0) is 0 Å². The van der Waals surface area contributed by atoms with Crippen molar-refractivity contribution >= 4 is 11.4 Å². The van der Waals surface area contributed by atoms with Crippen LogP contribution >= 0.6 is 0 Å². The average molecular weight is 240 g/mol. The van der Waals surface area contributed by atoms with Crippen LogP contribution in [-0.4, -0.2) is 0 Å². The third-order valence-corrected chi connectivity index (χ3v) is 3.36. The van der Waals surface area contributed by atoms with Gasteiger partial charge < -0.3 is 0 Å². The average Bonchev–Trinajstić information content (AvgIpc) is 2.28. The van der Waals surface area contributed by atoms with Crippen LogP contribution in [0.4, 0.5) is 11.4 Å². The van der Waals surface area contributed by atoms with Gasteiger partial charge in [-0.2, -0.15) is 0 Å². The monoisotopic (exact) mass is 240 g/mol. The van der Waals surface area contributed by atoms with Gasteiger partial charge in [0.25, 0.3) is 0 Å². The Labute approximate surface area is 109 Å². The highest BCUT2D eigenvalue weighted by Gasteiger charge is 2.14. The van der Waals surface area contributed by atoms with E-state index >= 15 is 0 Å². The van der Waals surface area contributed by atoms with Crippen LogP contribution in [0.5, 0.6) is 0 Å². The van der Waals surface area contributed by atoms with Crippen molar-refractivity contribution in [3.63, 3.8) is 0 Å². The zero-order valence-electron chi connectivity index (χ0n) is 11.5. The number of hydrogen-bond acceptors (Lipinski definition) is 2. The molecular formula is C16H20N2. The summed E-state index contributed by atoms with van der Waals surface area (Å²) in [6, 6.07) is 12.5. The Balaban J connectivity index is 2.58. The highest BCUT2D eigenvalue weighted by Crippen LogP contribution is 2.32. The molecule has 0 aliphatic heterocycles. The fourth-order valence-electron chi connectivity index (χ4n) is 2.48. The molecule has 0 saturated heterocycles. The van der Waals surface area contributed by atoms with E-state index < -0.39 is 0 Å². The molecule has 0 saturated carbocycles. The number of hydrazine groups is 1. The topological polar surface area (TPSA) is 29.3 Å². The van der Waals surface area contributed by atoms with Crippen LogP contribution in [0.3, 0.4) is 0 Å². The number of aryl methyl sites for hydroxylation is 4. The maximum atomic E-state index is 6.35. The van der Waals surface area contributed by atoms with Gasteiger partial charge >= 0.3 is 0 Å². The second-order valence-corrected chi connectivity index (χ2v) is 4.85. The molecule has 0 atom stereocenters.